The molecular formula is C49H28BBr4F. The molecule has 0 aromatic heterocycles. The van der Waals surface area contributed by atoms with Crippen molar-refractivity contribution in [2.24, 2.45) is 0 Å². The number of rotatable bonds is 2. The summed E-state index contributed by atoms with van der Waals surface area (Å²) in [4.78, 5) is 0. The van der Waals surface area contributed by atoms with Gasteiger partial charge in [0.2, 0.25) is 0 Å². The van der Waals surface area contributed by atoms with Crippen LogP contribution >= 0.6 is 63.7 Å². The zero-order valence-corrected chi connectivity index (χ0v) is 35.5. The summed E-state index contributed by atoms with van der Waals surface area (Å²) in [5.74, 6) is 0. The molecule has 0 fully saturated rings. The summed E-state index contributed by atoms with van der Waals surface area (Å²) in [7, 11) is 0. The quantitative estimate of drug-likeness (QED) is 0.151. The van der Waals surface area contributed by atoms with Gasteiger partial charge in [0, 0.05) is 29.0 Å². The van der Waals surface area contributed by atoms with E-state index in [-0.39, 0.29) is 5.41 Å². The van der Waals surface area contributed by atoms with Crippen LogP contribution in [0.1, 0.15) is 22.3 Å². The Labute approximate surface area is 354 Å². The van der Waals surface area contributed by atoms with Crippen molar-refractivity contribution >= 4 is 81.6 Å². The number of halogens is 5. The molecule has 0 atom stereocenters. The third-order valence-electron chi connectivity index (χ3n) is 11.3. The molecule has 3 aliphatic rings. The molecule has 0 bridgehead atoms. The Kier molecular flexibility index (Phi) is 8.75. The highest BCUT2D eigenvalue weighted by molar-refractivity contribution is 9.11. The standard InChI is InChI=1S/C25H12Br4.C24H16BF/c26-13-9-19-23(21(28)11-13)15-5-1-3-7-17(15)25(19)18-8-4-2-6-16(18)24-20(25)10-14(27)12-22(24)29;26-25-23-13-11-19(17-7-3-1-4-8-17)15-21(23)22-16-20(12-14-24(22)25)18-9-5-2-6-10-18/h1-12H;1-16H. The van der Waals surface area contributed by atoms with Crippen LogP contribution < -0.4 is 10.9 Å². The maximum atomic E-state index is 15.0. The van der Waals surface area contributed by atoms with Crippen molar-refractivity contribution in [3.8, 4) is 55.6 Å². The molecule has 0 saturated heterocycles. The number of hydrogen-bond acceptors (Lipinski definition) is 0. The number of benzene rings is 8. The van der Waals surface area contributed by atoms with Crippen molar-refractivity contribution in [3.05, 3.63) is 210 Å². The monoisotopic (exact) mass is 962 g/mol. The minimum Gasteiger partial charge on any atom is -0.322 e. The Morgan fingerprint density at radius 1 is 0.364 bits per heavy atom. The van der Waals surface area contributed by atoms with Gasteiger partial charge < -0.3 is 4.32 Å². The van der Waals surface area contributed by atoms with Crippen molar-refractivity contribution in [1.29, 1.82) is 0 Å². The lowest BCUT2D eigenvalue weighted by atomic mass is 9.62. The molecule has 55 heavy (non-hydrogen) atoms. The van der Waals surface area contributed by atoms with Gasteiger partial charge in [0.15, 0.2) is 0 Å². The maximum absolute atomic E-state index is 15.0. The molecule has 0 N–H and O–H groups in total. The summed E-state index contributed by atoms with van der Waals surface area (Å²) in [5.41, 5.74) is 18.2. The van der Waals surface area contributed by atoms with E-state index in [9.17, 15) is 4.32 Å². The first-order chi connectivity index (χ1) is 26.8. The molecule has 0 nitrogen and oxygen atoms in total. The van der Waals surface area contributed by atoms with E-state index in [1.165, 1.54) is 44.5 Å². The molecule has 1 aliphatic heterocycles. The first-order valence-electron chi connectivity index (χ1n) is 18.1. The number of fused-ring (bicyclic) bond motifs is 13. The molecule has 0 radical (unpaired) electrons. The van der Waals surface area contributed by atoms with Crippen LogP contribution in [-0.2, 0) is 5.41 Å². The van der Waals surface area contributed by atoms with Gasteiger partial charge in [-0.25, -0.2) is 0 Å². The summed E-state index contributed by atoms with van der Waals surface area (Å²) in [6.07, 6.45) is 0. The summed E-state index contributed by atoms with van der Waals surface area (Å²) >= 11 is 15.2. The van der Waals surface area contributed by atoms with E-state index in [1.54, 1.807) is 0 Å². The smallest absolute Gasteiger partial charge is 0.322 e. The van der Waals surface area contributed by atoms with E-state index in [1.807, 2.05) is 60.7 Å². The fraction of sp³-hybridized carbons (Fsp3) is 0.0204. The molecule has 1 heterocycles. The van der Waals surface area contributed by atoms with Gasteiger partial charge in [-0.15, -0.1) is 0 Å². The van der Waals surface area contributed by atoms with Crippen molar-refractivity contribution in [2.75, 3.05) is 0 Å². The Morgan fingerprint density at radius 3 is 1.20 bits per heavy atom. The first-order valence-corrected chi connectivity index (χ1v) is 21.2. The van der Waals surface area contributed by atoms with Gasteiger partial charge >= 0.3 is 6.99 Å². The minimum atomic E-state index is -1.05. The maximum Gasteiger partial charge on any atom is 0.414 e. The third kappa shape index (κ3) is 5.47. The predicted molar refractivity (Wildman–Crippen MR) is 242 cm³/mol. The van der Waals surface area contributed by atoms with Crippen LogP contribution in [0, 0.1) is 0 Å². The summed E-state index contributed by atoms with van der Waals surface area (Å²) in [6, 6.07) is 59.2. The fourth-order valence-electron chi connectivity index (χ4n) is 9.02. The highest BCUT2D eigenvalue weighted by Crippen LogP contribution is 2.65. The average Bonchev–Trinajstić information content (AvgIpc) is 3.79. The normalized spacial score (nSPS) is 13.3. The Morgan fingerprint density at radius 2 is 0.764 bits per heavy atom. The topological polar surface area (TPSA) is 0 Å². The fourth-order valence-corrected chi connectivity index (χ4v) is 11.9. The third-order valence-corrected chi connectivity index (χ3v) is 13.4. The molecule has 2 aliphatic carbocycles. The summed E-state index contributed by atoms with van der Waals surface area (Å²) < 4.78 is 19.4. The summed E-state index contributed by atoms with van der Waals surface area (Å²) in [5, 5.41) is 0. The van der Waals surface area contributed by atoms with Crippen LogP contribution in [-0.4, -0.2) is 6.99 Å². The lowest BCUT2D eigenvalue weighted by Crippen LogP contribution is -2.33. The Bertz CT molecular complexity index is 2640. The molecule has 0 amide bonds. The molecule has 11 rings (SSSR count). The van der Waals surface area contributed by atoms with Crippen molar-refractivity contribution in [2.45, 2.75) is 5.41 Å². The van der Waals surface area contributed by atoms with Gasteiger partial charge in [-0.1, -0.05) is 197 Å². The van der Waals surface area contributed by atoms with Crippen LogP contribution in [0.2, 0.25) is 0 Å². The summed E-state index contributed by atoms with van der Waals surface area (Å²) in [6.45, 7) is -1.05. The van der Waals surface area contributed by atoms with Gasteiger partial charge in [-0.05, 0) is 114 Å². The highest BCUT2D eigenvalue weighted by atomic mass is 79.9. The van der Waals surface area contributed by atoms with Crippen LogP contribution in [0.5, 0.6) is 0 Å². The lowest BCUT2D eigenvalue weighted by Gasteiger charge is -2.30. The largest absolute Gasteiger partial charge is 0.414 e. The van der Waals surface area contributed by atoms with Crippen molar-refractivity contribution < 1.29 is 4.32 Å². The van der Waals surface area contributed by atoms with E-state index in [2.05, 4.69) is 173 Å². The van der Waals surface area contributed by atoms with E-state index in [4.69, 9.17) is 0 Å². The van der Waals surface area contributed by atoms with E-state index in [0.717, 1.165) is 62.2 Å². The zero-order chi connectivity index (χ0) is 37.4. The minimum absolute atomic E-state index is 0.337. The van der Waals surface area contributed by atoms with E-state index < -0.39 is 6.99 Å². The Hall–Kier alpha value is -4.33. The first kappa shape index (κ1) is 35.1. The van der Waals surface area contributed by atoms with Crippen molar-refractivity contribution in [3.63, 3.8) is 0 Å². The van der Waals surface area contributed by atoms with E-state index >= 15 is 0 Å². The van der Waals surface area contributed by atoms with Crippen LogP contribution in [0.15, 0.2) is 188 Å². The highest BCUT2D eigenvalue weighted by Gasteiger charge is 2.52. The molecule has 8 aromatic rings. The Balaban J connectivity index is 0.000000136. The van der Waals surface area contributed by atoms with Gasteiger partial charge in [0.25, 0.3) is 0 Å². The molecule has 1 spiro atoms. The second kappa shape index (κ2) is 13.7. The molecule has 0 unspecified atom stereocenters. The zero-order valence-electron chi connectivity index (χ0n) is 29.1. The predicted octanol–water partition coefficient (Wildman–Crippen LogP) is 14.2. The van der Waals surface area contributed by atoms with Gasteiger partial charge in [-0.2, -0.15) is 0 Å². The second-order valence-corrected chi connectivity index (χ2v) is 17.7. The lowest BCUT2D eigenvalue weighted by molar-refractivity contribution is 0.792. The van der Waals surface area contributed by atoms with Crippen LogP contribution in [0.25, 0.3) is 55.6 Å². The van der Waals surface area contributed by atoms with E-state index in [0.29, 0.717) is 0 Å². The molecular weight excluding hydrogens is 938 g/mol. The SMILES string of the molecule is Brc1cc(Br)c2c(c1)C1(c3ccccc3-2)c2ccccc2-c2c(Br)cc(Br)cc21.FB1c2ccc(-c3ccccc3)cc2-c2cc(-c3ccccc3)ccc21. The number of hydrogen-bond donors (Lipinski definition) is 0. The van der Waals surface area contributed by atoms with Gasteiger partial charge in [-0.3, -0.25) is 0 Å². The molecule has 262 valence electrons. The second-order valence-electron chi connectivity index (χ2n) is 14.2. The van der Waals surface area contributed by atoms with Gasteiger partial charge in [0.1, 0.15) is 0 Å². The molecule has 0 saturated carbocycles. The average molecular weight is 966 g/mol. The van der Waals surface area contributed by atoms with Crippen LogP contribution in [0.4, 0.5) is 4.32 Å². The van der Waals surface area contributed by atoms with Crippen LogP contribution in [0.3, 0.4) is 0 Å². The molecule has 6 heteroatoms. The van der Waals surface area contributed by atoms with Crippen molar-refractivity contribution in [1.82, 2.24) is 0 Å². The molecule has 8 aromatic carbocycles. The van der Waals surface area contributed by atoms with Gasteiger partial charge in [0.05, 0.1) is 5.41 Å².